The topological polar surface area (TPSA) is 51.2 Å². The number of likely N-dealkylation sites (N-methyl/N-ethyl adjacent to an activating group) is 1. The van der Waals surface area contributed by atoms with Crippen LogP contribution < -0.4 is 11.1 Å². The smallest absolute Gasteiger partial charge is 0.169 e. The first kappa shape index (κ1) is 9.77. The Bertz CT molecular complexity index is 237. The Morgan fingerprint density at radius 2 is 2.42 bits per heavy atom. The molecule has 0 saturated heterocycles. The van der Waals surface area contributed by atoms with Gasteiger partial charge >= 0.3 is 0 Å². The molecule has 3 nitrogen and oxygen atoms in total. The maximum Gasteiger partial charge on any atom is 0.169 e. The number of nitrogens with one attached hydrogen (secondary N) is 1. The molecule has 0 spiro atoms. The maximum absolute atomic E-state index is 5.58. The van der Waals surface area contributed by atoms with E-state index in [0.717, 1.165) is 17.0 Å². The van der Waals surface area contributed by atoms with E-state index >= 15 is 0 Å². The third-order valence-electron chi connectivity index (χ3n) is 1.73. The summed E-state index contributed by atoms with van der Waals surface area (Å²) < 4.78 is 6.14. The minimum Gasteiger partial charge on any atom is -0.454 e. The summed E-state index contributed by atoms with van der Waals surface area (Å²) in [6, 6.07) is 3.83. The first-order valence-corrected chi connectivity index (χ1v) is 4.67. The summed E-state index contributed by atoms with van der Waals surface area (Å²) in [4.78, 5) is 0. The minimum absolute atomic E-state index is 0.265. The lowest BCUT2D eigenvalue weighted by Gasteiger charge is -2.10. The lowest BCUT2D eigenvalue weighted by molar-refractivity contribution is 0.440. The number of halogens is 1. The molecule has 0 fully saturated rings. The van der Waals surface area contributed by atoms with Crippen molar-refractivity contribution in [3.05, 3.63) is 22.6 Å². The van der Waals surface area contributed by atoms with Gasteiger partial charge in [-0.1, -0.05) is 0 Å². The summed E-state index contributed by atoms with van der Waals surface area (Å²) in [6.07, 6.45) is 0. The van der Waals surface area contributed by atoms with E-state index in [-0.39, 0.29) is 5.92 Å². The van der Waals surface area contributed by atoms with Crippen LogP contribution in [-0.4, -0.2) is 20.1 Å². The lowest BCUT2D eigenvalue weighted by atomic mass is 10.1. The minimum atomic E-state index is 0.265. The number of furan rings is 1. The van der Waals surface area contributed by atoms with Gasteiger partial charge in [0.2, 0.25) is 0 Å². The first-order chi connectivity index (χ1) is 5.77. The van der Waals surface area contributed by atoms with Crippen LogP contribution in [0.15, 0.2) is 21.2 Å². The van der Waals surface area contributed by atoms with Crippen LogP contribution in [0.1, 0.15) is 11.7 Å². The van der Waals surface area contributed by atoms with E-state index in [9.17, 15) is 0 Å². The van der Waals surface area contributed by atoms with Gasteiger partial charge in [-0.25, -0.2) is 0 Å². The Hall–Kier alpha value is -0.320. The number of hydrogen-bond donors (Lipinski definition) is 2. The van der Waals surface area contributed by atoms with Gasteiger partial charge in [-0.05, 0) is 35.1 Å². The highest BCUT2D eigenvalue weighted by Gasteiger charge is 2.12. The highest BCUT2D eigenvalue weighted by molar-refractivity contribution is 9.10. The van der Waals surface area contributed by atoms with Gasteiger partial charge in [0.15, 0.2) is 4.67 Å². The molecule has 1 aromatic heterocycles. The first-order valence-electron chi connectivity index (χ1n) is 3.87. The van der Waals surface area contributed by atoms with Gasteiger partial charge in [-0.15, -0.1) is 0 Å². The van der Waals surface area contributed by atoms with Crippen LogP contribution in [0.25, 0.3) is 0 Å². The van der Waals surface area contributed by atoms with Crippen LogP contribution in [0, 0.1) is 0 Å². The van der Waals surface area contributed by atoms with E-state index in [4.69, 9.17) is 10.2 Å². The van der Waals surface area contributed by atoms with Crippen molar-refractivity contribution in [2.75, 3.05) is 20.1 Å². The van der Waals surface area contributed by atoms with E-state index in [1.807, 2.05) is 19.2 Å². The highest BCUT2D eigenvalue weighted by atomic mass is 79.9. The van der Waals surface area contributed by atoms with Gasteiger partial charge in [0, 0.05) is 19.0 Å². The normalized spacial score (nSPS) is 13.2. The molecule has 12 heavy (non-hydrogen) atoms. The molecule has 0 aliphatic heterocycles. The molecule has 0 aliphatic rings. The van der Waals surface area contributed by atoms with Gasteiger partial charge < -0.3 is 15.5 Å². The van der Waals surface area contributed by atoms with Crippen LogP contribution in [0.4, 0.5) is 0 Å². The molecular formula is C8H13BrN2O. The summed E-state index contributed by atoms with van der Waals surface area (Å²) in [5.41, 5.74) is 5.58. The number of rotatable bonds is 4. The zero-order valence-electron chi connectivity index (χ0n) is 7.01. The third-order valence-corrected chi connectivity index (χ3v) is 2.16. The monoisotopic (exact) mass is 232 g/mol. The molecular weight excluding hydrogens is 220 g/mol. The molecule has 4 heteroatoms. The molecule has 1 aromatic rings. The van der Waals surface area contributed by atoms with Crippen molar-refractivity contribution < 1.29 is 4.42 Å². The molecule has 0 bridgehead atoms. The van der Waals surface area contributed by atoms with E-state index in [1.165, 1.54) is 0 Å². The molecule has 1 rings (SSSR count). The Balaban J connectivity index is 2.66. The molecule has 0 amide bonds. The zero-order valence-corrected chi connectivity index (χ0v) is 8.60. The molecule has 0 aliphatic carbocycles. The molecule has 1 atom stereocenters. The summed E-state index contributed by atoms with van der Waals surface area (Å²) in [5.74, 6) is 1.19. The molecule has 1 heterocycles. The highest BCUT2D eigenvalue weighted by Crippen LogP contribution is 2.20. The van der Waals surface area contributed by atoms with E-state index in [1.54, 1.807) is 0 Å². The van der Waals surface area contributed by atoms with Crippen molar-refractivity contribution in [3.63, 3.8) is 0 Å². The summed E-state index contributed by atoms with van der Waals surface area (Å²) in [7, 11) is 1.90. The van der Waals surface area contributed by atoms with Crippen molar-refractivity contribution >= 4 is 15.9 Å². The maximum atomic E-state index is 5.58. The van der Waals surface area contributed by atoms with Crippen LogP contribution in [0.5, 0.6) is 0 Å². The molecule has 0 aromatic carbocycles. The average molecular weight is 233 g/mol. The van der Waals surface area contributed by atoms with Crippen molar-refractivity contribution in [2.45, 2.75) is 5.92 Å². The molecule has 1 unspecified atom stereocenters. The quantitative estimate of drug-likeness (QED) is 0.824. The fraction of sp³-hybridized carbons (Fsp3) is 0.500. The second kappa shape index (κ2) is 4.64. The fourth-order valence-electron chi connectivity index (χ4n) is 1.09. The largest absolute Gasteiger partial charge is 0.454 e. The molecule has 0 saturated carbocycles. The van der Waals surface area contributed by atoms with Gasteiger partial charge in [-0.3, -0.25) is 0 Å². The Kier molecular flexibility index (Phi) is 3.78. The fourth-order valence-corrected chi connectivity index (χ4v) is 1.41. The zero-order chi connectivity index (χ0) is 8.97. The Morgan fingerprint density at radius 3 is 2.83 bits per heavy atom. The van der Waals surface area contributed by atoms with Gasteiger partial charge in [0.1, 0.15) is 5.76 Å². The van der Waals surface area contributed by atoms with Gasteiger partial charge in [-0.2, -0.15) is 0 Å². The van der Waals surface area contributed by atoms with Crippen LogP contribution in [-0.2, 0) is 0 Å². The Morgan fingerprint density at radius 1 is 1.67 bits per heavy atom. The van der Waals surface area contributed by atoms with Crippen LogP contribution in [0.2, 0.25) is 0 Å². The average Bonchev–Trinajstić information content (AvgIpc) is 2.47. The number of hydrogen-bond acceptors (Lipinski definition) is 3. The summed E-state index contributed by atoms with van der Waals surface area (Å²) in [5, 5.41) is 3.07. The van der Waals surface area contributed by atoms with Crippen molar-refractivity contribution in [3.8, 4) is 0 Å². The van der Waals surface area contributed by atoms with Crippen molar-refractivity contribution in [2.24, 2.45) is 5.73 Å². The standard InChI is InChI=1S/C8H13BrN2O/c1-11-5-6(4-10)7-2-3-8(9)12-7/h2-3,6,11H,4-5,10H2,1H3. The molecule has 68 valence electrons. The Labute approximate surface area is 80.4 Å². The van der Waals surface area contributed by atoms with E-state index in [0.29, 0.717) is 6.54 Å². The lowest BCUT2D eigenvalue weighted by Crippen LogP contribution is -2.23. The third kappa shape index (κ3) is 2.33. The second-order valence-electron chi connectivity index (χ2n) is 2.63. The van der Waals surface area contributed by atoms with E-state index in [2.05, 4.69) is 21.2 Å². The predicted molar refractivity (Wildman–Crippen MR) is 52.1 cm³/mol. The predicted octanol–water partition coefficient (Wildman–Crippen LogP) is 1.30. The van der Waals surface area contributed by atoms with E-state index < -0.39 is 0 Å². The second-order valence-corrected chi connectivity index (χ2v) is 3.41. The summed E-state index contributed by atoms with van der Waals surface area (Å²) >= 11 is 3.25. The van der Waals surface area contributed by atoms with Crippen molar-refractivity contribution in [1.29, 1.82) is 0 Å². The summed E-state index contributed by atoms with van der Waals surface area (Å²) in [6.45, 7) is 1.44. The molecule has 3 N–H and O–H groups in total. The SMILES string of the molecule is CNCC(CN)c1ccc(Br)o1. The van der Waals surface area contributed by atoms with Gasteiger partial charge in [0.25, 0.3) is 0 Å². The molecule has 0 radical (unpaired) electrons. The van der Waals surface area contributed by atoms with Crippen molar-refractivity contribution in [1.82, 2.24) is 5.32 Å². The van der Waals surface area contributed by atoms with Gasteiger partial charge in [0.05, 0.1) is 0 Å². The number of nitrogens with two attached hydrogens (primary N) is 1. The van der Waals surface area contributed by atoms with Crippen LogP contribution >= 0.6 is 15.9 Å². The van der Waals surface area contributed by atoms with Crippen LogP contribution in [0.3, 0.4) is 0 Å².